The molecule has 0 atom stereocenters. The molecule has 2 nitrogen and oxygen atoms in total. The Hall–Kier alpha value is -8.98. The van der Waals surface area contributed by atoms with Crippen LogP contribution in [-0.4, -0.2) is 9.13 Å². The van der Waals surface area contributed by atoms with E-state index in [-0.39, 0.29) is 0 Å². The topological polar surface area (TPSA) is 9.86 Å². The van der Waals surface area contributed by atoms with Gasteiger partial charge in [-0.05, 0) is 150 Å². The summed E-state index contributed by atoms with van der Waals surface area (Å²) in [6.07, 6.45) is 0. The van der Waals surface area contributed by atoms with Crippen LogP contribution in [0, 0.1) is 0 Å². The van der Waals surface area contributed by atoms with E-state index >= 15 is 0 Å². The molecule has 0 saturated heterocycles. The molecule has 0 radical (unpaired) electrons. The Kier molecular flexibility index (Phi) is 8.62. The standard InChI is InChI=1S/C66H42N2/c1-4-17-43(18-5-1)50-26-14-19-44-39-47(33-36-53(44)50)66-56-29-15-27-51(45-34-37-64-60(40-45)54-24-10-12-31-62(54)67(64)48-20-6-2-7-21-48)58(56)42-59-52(28-16-30-57(59)66)46-35-38-65-61(41-46)55-25-11-13-32-63(55)68(65)49-22-8-3-9-23-49/h1-42H. The second kappa shape index (κ2) is 15.3. The van der Waals surface area contributed by atoms with Crippen LogP contribution in [0.25, 0.3) is 132 Å². The van der Waals surface area contributed by atoms with E-state index in [4.69, 9.17) is 0 Å². The number of aromatic nitrogens is 2. The number of para-hydroxylation sites is 4. The smallest absolute Gasteiger partial charge is 0.0541 e. The van der Waals surface area contributed by atoms with Crippen LogP contribution in [0.3, 0.4) is 0 Å². The number of fused-ring (bicyclic) bond motifs is 9. The number of hydrogen-bond acceptors (Lipinski definition) is 0. The van der Waals surface area contributed by atoms with Gasteiger partial charge in [-0.2, -0.15) is 0 Å². The van der Waals surface area contributed by atoms with Crippen molar-refractivity contribution in [2.75, 3.05) is 0 Å². The summed E-state index contributed by atoms with van der Waals surface area (Å²) < 4.78 is 4.79. The Morgan fingerprint density at radius 1 is 0.206 bits per heavy atom. The van der Waals surface area contributed by atoms with Crippen molar-refractivity contribution in [3.63, 3.8) is 0 Å². The van der Waals surface area contributed by atoms with E-state index in [0.717, 1.165) is 11.4 Å². The van der Waals surface area contributed by atoms with Gasteiger partial charge in [-0.15, -0.1) is 0 Å². The lowest BCUT2D eigenvalue weighted by Crippen LogP contribution is -1.93. The van der Waals surface area contributed by atoms with Crippen molar-refractivity contribution in [2.45, 2.75) is 0 Å². The average Bonchev–Trinajstić information content (AvgIpc) is 3.92. The molecule has 0 spiro atoms. The molecule has 68 heavy (non-hydrogen) atoms. The zero-order valence-corrected chi connectivity index (χ0v) is 37.1. The van der Waals surface area contributed by atoms with Gasteiger partial charge >= 0.3 is 0 Å². The van der Waals surface area contributed by atoms with Crippen molar-refractivity contribution >= 4 is 75.9 Å². The molecule has 2 heterocycles. The van der Waals surface area contributed by atoms with Gasteiger partial charge in [0.25, 0.3) is 0 Å². The first-order valence-electron chi connectivity index (χ1n) is 23.5. The fourth-order valence-electron chi connectivity index (χ4n) is 11.3. The highest BCUT2D eigenvalue weighted by atomic mass is 15.0. The van der Waals surface area contributed by atoms with Gasteiger partial charge < -0.3 is 9.13 Å². The second-order valence-electron chi connectivity index (χ2n) is 18.0. The van der Waals surface area contributed by atoms with Gasteiger partial charge in [-0.3, -0.25) is 0 Å². The van der Waals surface area contributed by atoms with Crippen molar-refractivity contribution in [1.29, 1.82) is 0 Å². The van der Waals surface area contributed by atoms with Crippen molar-refractivity contribution in [2.24, 2.45) is 0 Å². The van der Waals surface area contributed by atoms with Gasteiger partial charge in [0.15, 0.2) is 0 Å². The lowest BCUT2D eigenvalue weighted by molar-refractivity contribution is 1.18. The molecule has 2 heteroatoms. The van der Waals surface area contributed by atoms with Gasteiger partial charge in [-0.25, -0.2) is 0 Å². The predicted molar refractivity (Wildman–Crippen MR) is 289 cm³/mol. The maximum Gasteiger partial charge on any atom is 0.0541 e. The van der Waals surface area contributed by atoms with E-state index in [1.807, 2.05) is 0 Å². The monoisotopic (exact) mass is 862 g/mol. The molecular weight excluding hydrogens is 821 g/mol. The van der Waals surface area contributed by atoms with Crippen LogP contribution in [0.1, 0.15) is 0 Å². The Morgan fingerprint density at radius 3 is 1.18 bits per heavy atom. The molecule has 0 fully saturated rings. The highest BCUT2D eigenvalue weighted by molar-refractivity contribution is 6.21. The minimum atomic E-state index is 1.16. The molecule has 0 amide bonds. The fourth-order valence-corrected chi connectivity index (χ4v) is 11.3. The van der Waals surface area contributed by atoms with E-state index in [9.17, 15) is 0 Å². The Morgan fingerprint density at radius 2 is 0.632 bits per heavy atom. The van der Waals surface area contributed by atoms with Crippen LogP contribution >= 0.6 is 0 Å². The fraction of sp³-hybridized carbons (Fsp3) is 0. The number of hydrogen-bond donors (Lipinski definition) is 0. The first kappa shape index (κ1) is 38.3. The maximum atomic E-state index is 2.47. The molecule has 0 aliphatic carbocycles. The minimum Gasteiger partial charge on any atom is -0.309 e. The summed E-state index contributed by atoms with van der Waals surface area (Å²) in [6, 6.07) is 93.9. The third-order valence-electron chi connectivity index (χ3n) is 14.3. The van der Waals surface area contributed by atoms with Crippen LogP contribution < -0.4 is 0 Å². The van der Waals surface area contributed by atoms with Crippen LogP contribution in [0.4, 0.5) is 0 Å². The number of nitrogens with zero attached hydrogens (tertiary/aromatic N) is 2. The van der Waals surface area contributed by atoms with E-state index < -0.39 is 0 Å². The van der Waals surface area contributed by atoms with Gasteiger partial charge in [0.2, 0.25) is 0 Å². The molecule has 0 N–H and O–H groups in total. The Bertz CT molecular complexity index is 4080. The van der Waals surface area contributed by atoms with E-state index in [2.05, 4.69) is 264 Å². The molecule has 0 aliphatic heterocycles. The van der Waals surface area contributed by atoms with E-state index in [0.29, 0.717) is 0 Å². The van der Waals surface area contributed by atoms with Crippen molar-refractivity contribution in [3.05, 3.63) is 255 Å². The van der Waals surface area contributed by atoms with Crippen molar-refractivity contribution in [1.82, 2.24) is 9.13 Å². The number of rotatable bonds is 6. The first-order valence-corrected chi connectivity index (χ1v) is 23.5. The van der Waals surface area contributed by atoms with Crippen LogP contribution in [0.5, 0.6) is 0 Å². The SMILES string of the molecule is c1ccc(-c2cccc3cc(-c4c5cccc(-c6ccc7c(c6)c6ccccc6n7-c6ccccc6)c5cc5c(-c6ccc7c(c6)c6ccccc6n7-c6ccccc6)cccc45)ccc23)cc1. The summed E-state index contributed by atoms with van der Waals surface area (Å²) in [5.41, 5.74) is 16.9. The van der Waals surface area contributed by atoms with E-state index in [1.54, 1.807) is 0 Å². The third-order valence-corrected chi connectivity index (χ3v) is 14.3. The minimum absolute atomic E-state index is 1.16. The summed E-state index contributed by atoms with van der Waals surface area (Å²) in [5, 5.41) is 12.4. The molecule has 0 unspecified atom stereocenters. The molecule has 0 aliphatic rings. The lowest BCUT2D eigenvalue weighted by Gasteiger charge is -2.18. The normalized spacial score (nSPS) is 11.8. The summed E-state index contributed by atoms with van der Waals surface area (Å²) in [6.45, 7) is 0. The van der Waals surface area contributed by atoms with Crippen LogP contribution in [-0.2, 0) is 0 Å². The van der Waals surface area contributed by atoms with Gasteiger partial charge in [0.05, 0.1) is 22.1 Å². The molecule has 14 aromatic rings. The summed E-state index contributed by atoms with van der Waals surface area (Å²) in [5.74, 6) is 0. The highest BCUT2D eigenvalue weighted by Crippen LogP contribution is 2.46. The maximum absolute atomic E-state index is 2.47. The molecule has 2 aromatic heterocycles. The summed E-state index contributed by atoms with van der Waals surface area (Å²) in [4.78, 5) is 0. The van der Waals surface area contributed by atoms with Gasteiger partial charge in [-0.1, -0.05) is 182 Å². The first-order chi connectivity index (χ1) is 33.7. The molecule has 0 bridgehead atoms. The van der Waals surface area contributed by atoms with Crippen LogP contribution in [0.15, 0.2) is 255 Å². The average molecular weight is 863 g/mol. The molecule has 12 aromatic carbocycles. The zero-order chi connectivity index (χ0) is 44.7. The third kappa shape index (κ3) is 5.91. The lowest BCUT2D eigenvalue weighted by atomic mass is 9.85. The summed E-state index contributed by atoms with van der Waals surface area (Å²) >= 11 is 0. The molecular formula is C66H42N2. The van der Waals surface area contributed by atoms with E-state index in [1.165, 1.54) is 120 Å². The molecule has 316 valence electrons. The molecule has 0 saturated carbocycles. The molecule has 14 rings (SSSR count). The predicted octanol–water partition coefficient (Wildman–Crippen LogP) is 18.0. The number of benzene rings is 12. The van der Waals surface area contributed by atoms with Crippen molar-refractivity contribution < 1.29 is 0 Å². The van der Waals surface area contributed by atoms with Crippen molar-refractivity contribution in [3.8, 4) is 55.9 Å². The second-order valence-corrected chi connectivity index (χ2v) is 18.0. The summed E-state index contributed by atoms with van der Waals surface area (Å²) in [7, 11) is 0. The Labute approximate surface area is 393 Å². The van der Waals surface area contributed by atoms with Crippen LogP contribution in [0.2, 0.25) is 0 Å². The largest absolute Gasteiger partial charge is 0.309 e. The quantitative estimate of drug-likeness (QED) is 0.147. The highest BCUT2D eigenvalue weighted by Gasteiger charge is 2.20. The van der Waals surface area contributed by atoms with Gasteiger partial charge in [0, 0.05) is 32.9 Å². The Balaban J connectivity index is 1.03. The van der Waals surface area contributed by atoms with Gasteiger partial charge in [0.1, 0.15) is 0 Å². The zero-order valence-electron chi connectivity index (χ0n) is 37.1.